The molecule has 0 aliphatic rings. The number of alkyl halides is 3. The third kappa shape index (κ3) is 8.24. The van der Waals surface area contributed by atoms with Crippen LogP contribution in [-0.4, -0.2) is 71.3 Å². The average molecular weight is 650 g/mol. The molecule has 4 aromatic rings. The number of sulfonamides is 1. The molecular formula is C28H30F3N7O6S. The van der Waals surface area contributed by atoms with Crippen LogP contribution in [0.4, 0.5) is 19.1 Å². The van der Waals surface area contributed by atoms with Crippen molar-refractivity contribution in [3.05, 3.63) is 71.2 Å². The predicted octanol–water partition coefficient (Wildman–Crippen LogP) is 2.90. The molecule has 0 aliphatic carbocycles. The van der Waals surface area contributed by atoms with Crippen LogP contribution in [0.25, 0.3) is 10.9 Å². The van der Waals surface area contributed by atoms with Crippen molar-refractivity contribution >= 4 is 44.7 Å². The first-order valence-corrected chi connectivity index (χ1v) is 15.0. The van der Waals surface area contributed by atoms with Crippen molar-refractivity contribution in [2.75, 3.05) is 18.4 Å². The summed E-state index contributed by atoms with van der Waals surface area (Å²) in [5, 5.41) is 10.4. The lowest BCUT2D eigenvalue weighted by atomic mass is 10.1. The highest BCUT2D eigenvalue weighted by Gasteiger charge is 2.44. The summed E-state index contributed by atoms with van der Waals surface area (Å²) >= 11 is 0. The number of nitrogens with zero attached hydrogens (tertiary/aromatic N) is 3. The van der Waals surface area contributed by atoms with Crippen LogP contribution in [-0.2, 0) is 30.9 Å². The summed E-state index contributed by atoms with van der Waals surface area (Å²) in [6, 6.07) is 5.70. The van der Waals surface area contributed by atoms with Crippen LogP contribution in [0.3, 0.4) is 0 Å². The van der Waals surface area contributed by atoms with Gasteiger partial charge in [-0.25, -0.2) is 23.0 Å². The first-order valence-electron chi connectivity index (χ1n) is 13.6. The maximum atomic E-state index is 13.2. The van der Waals surface area contributed by atoms with Crippen molar-refractivity contribution in [2.45, 2.75) is 50.9 Å². The number of anilines is 1. The van der Waals surface area contributed by atoms with E-state index >= 15 is 0 Å². The third-order valence-electron chi connectivity index (χ3n) is 6.59. The fraction of sp³-hybridized carbons (Fsp3) is 0.321. The number of carbonyl (C=O) groups excluding carboxylic acids is 3. The largest absolute Gasteiger partial charge is 0.491 e. The van der Waals surface area contributed by atoms with Gasteiger partial charge in [0, 0.05) is 43.0 Å². The van der Waals surface area contributed by atoms with E-state index in [1.165, 1.54) is 26.0 Å². The average Bonchev–Trinajstić information content (AvgIpc) is 3.61. The van der Waals surface area contributed by atoms with Crippen molar-refractivity contribution in [2.24, 2.45) is 0 Å². The van der Waals surface area contributed by atoms with Gasteiger partial charge >= 0.3 is 18.1 Å². The quantitative estimate of drug-likeness (QED) is 0.102. The molecule has 2 aromatic carbocycles. The Morgan fingerprint density at radius 3 is 2.44 bits per heavy atom. The van der Waals surface area contributed by atoms with Gasteiger partial charge < -0.3 is 20.4 Å². The van der Waals surface area contributed by atoms with Crippen molar-refractivity contribution in [3.8, 4) is 0 Å². The van der Waals surface area contributed by atoms with Gasteiger partial charge in [0.1, 0.15) is 6.04 Å². The molecule has 0 saturated carbocycles. The maximum Gasteiger partial charge on any atom is 0.491 e. The number of amides is 1. The first-order chi connectivity index (χ1) is 21.2. The Balaban J connectivity index is 1.47. The van der Waals surface area contributed by atoms with Gasteiger partial charge in [-0.2, -0.15) is 23.0 Å². The summed E-state index contributed by atoms with van der Waals surface area (Å²) in [5.41, 5.74) is 2.21. The molecule has 17 heteroatoms. The van der Waals surface area contributed by atoms with Gasteiger partial charge in [-0.05, 0) is 56.5 Å². The minimum atomic E-state index is -5.51. The number of aromatic amines is 1. The minimum absolute atomic E-state index is 0.105. The third-order valence-corrected chi connectivity index (χ3v) is 8.36. The van der Waals surface area contributed by atoms with E-state index in [0.717, 1.165) is 11.1 Å². The molecule has 1 atom stereocenters. The second-order valence-electron chi connectivity index (χ2n) is 10.2. The number of imidazole rings is 1. The standard InChI is InChI=1S/C28H30F3N7O6S/c1-16-11-17(2)23(18(3)12-16)45(42,43)37-21(25(40)44-26(41)28(29,30)31)15-35-24(39)19-5-6-22-20(13-19)14-36-38(22)10-4-7-32-27-33-8-9-34-27/h5-6,8-9,11-14,21,37H,4,7,10,15H2,1-3H3,(H,35,39)(H2,32,33,34)/t21-/m0/s1. The molecule has 1 amide bonds. The Morgan fingerprint density at radius 1 is 1.09 bits per heavy atom. The normalized spacial score (nSPS) is 12.6. The molecule has 45 heavy (non-hydrogen) atoms. The highest BCUT2D eigenvalue weighted by molar-refractivity contribution is 7.89. The van der Waals surface area contributed by atoms with Crippen molar-refractivity contribution < 1.29 is 40.7 Å². The molecule has 2 heterocycles. The van der Waals surface area contributed by atoms with Gasteiger partial charge in [0.05, 0.1) is 16.6 Å². The fourth-order valence-electron chi connectivity index (χ4n) is 4.73. The summed E-state index contributed by atoms with van der Waals surface area (Å²) in [7, 11) is -4.53. The predicted molar refractivity (Wildman–Crippen MR) is 156 cm³/mol. The van der Waals surface area contributed by atoms with Gasteiger partial charge in [-0.15, -0.1) is 0 Å². The number of aromatic nitrogens is 4. The zero-order valence-electron chi connectivity index (χ0n) is 24.4. The number of H-pyrrole nitrogens is 1. The first kappa shape index (κ1) is 33.1. The number of hydrogen-bond acceptors (Lipinski definition) is 9. The zero-order chi connectivity index (χ0) is 32.9. The lowest BCUT2D eigenvalue weighted by molar-refractivity contribution is -0.202. The summed E-state index contributed by atoms with van der Waals surface area (Å²) in [6.07, 6.45) is 0.0791. The summed E-state index contributed by atoms with van der Waals surface area (Å²) in [4.78, 5) is 43.7. The van der Waals surface area contributed by atoms with Crippen LogP contribution < -0.4 is 15.4 Å². The topological polar surface area (TPSA) is 177 Å². The SMILES string of the molecule is Cc1cc(C)c(S(=O)(=O)N[C@@H](CNC(=O)c2ccc3c(cnn3CCCNc3ncc[nH]3)c2)C(=O)OC(=O)C(F)(F)F)c(C)c1. The number of fused-ring (bicyclic) bond motifs is 1. The molecular weight excluding hydrogens is 619 g/mol. The molecule has 0 fully saturated rings. The molecule has 2 aromatic heterocycles. The number of aryl methyl sites for hydroxylation is 4. The van der Waals surface area contributed by atoms with Gasteiger partial charge in [0.2, 0.25) is 10.0 Å². The van der Waals surface area contributed by atoms with Crippen LogP contribution in [0.15, 0.2) is 53.8 Å². The van der Waals surface area contributed by atoms with Crippen LogP contribution in [0.2, 0.25) is 0 Å². The molecule has 0 radical (unpaired) electrons. The number of rotatable bonds is 12. The molecule has 0 saturated heterocycles. The van der Waals surface area contributed by atoms with E-state index in [-0.39, 0.29) is 10.5 Å². The van der Waals surface area contributed by atoms with E-state index in [2.05, 4.69) is 30.4 Å². The number of nitrogens with one attached hydrogen (secondary N) is 4. The zero-order valence-corrected chi connectivity index (χ0v) is 25.2. The number of carbonyl (C=O) groups is 3. The molecule has 0 unspecified atom stereocenters. The van der Waals surface area contributed by atoms with Gasteiger partial charge in [-0.3, -0.25) is 9.48 Å². The Labute approximate surface area is 255 Å². The van der Waals surface area contributed by atoms with E-state index in [0.29, 0.717) is 42.0 Å². The summed E-state index contributed by atoms with van der Waals surface area (Å²) in [6.45, 7) is 5.11. The van der Waals surface area contributed by atoms with Gasteiger partial charge in [0.25, 0.3) is 5.91 Å². The van der Waals surface area contributed by atoms with E-state index < -0.39 is 46.6 Å². The monoisotopic (exact) mass is 649 g/mol. The smallest absolute Gasteiger partial charge is 0.385 e. The highest BCUT2D eigenvalue weighted by atomic mass is 32.2. The number of benzene rings is 2. The van der Waals surface area contributed by atoms with Crippen molar-refractivity contribution in [1.29, 1.82) is 0 Å². The fourth-order valence-corrected chi connectivity index (χ4v) is 6.37. The Hall–Kier alpha value is -4.77. The molecule has 0 spiro atoms. The molecule has 240 valence electrons. The molecule has 4 rings (SSSR count). The van der Waals surface area contributed by atoms with Crippen LogP contribution >= 0.6 is 0 Å². The molecule has 0 aliphatic heterocycles. The van der Waals surface area contributed by atoms with E-state index in [4.69, 9.17) is 0 Å². The van der Waals surface area contributed by atoms with E-state index in [9.17, 15) is 36.0 Å². The molecule has 0 bridgehead atoms. The summed E-state index contributed by atoms with van der Waals surface area (Å²) < 4.78 is 72.4. The number of ether oxygens (including phenoxy) is 1. The minimum Gasteiger partial charge on any atom is -0.385 e. The molecule has 4 N–H and O–H groups in total. The van der Waals surface area contributed by atoms with E-state index in [1.54, 1.807) is 48.4 Å². The van der Waals surface area contributed by atoms with E-state index in [1.807, 2.05) is 4.72 Å². The van der Waals surface area contributed by atoms with Crippen LogP contribution in [0, 0.1) is 20.8 Å². The second kappa shape index (κ2) is 13.5. The maximum absolute atomic E-state index is 13.2. The summed E-state index contributed by atoms with van der Waals surface area (Å²) in [5.74, 6) is -4.80. The highest BCUT2D eigenvalue weighted by Crippen LogP contribution is 2.23. The number of hydrogen-bond donors (Lipinski definition) is 4. The number of halogens is 3. The van der Waals surface area contributed by atoms with Crippen molar-refractivity contribution in [3.63, 3.8) is 0 Å². The Kier molecular flexibility index (Phi) is 9.92. The van der Waals surface area contributed by atoms with Gasteiger partial charge in [-0.1, -0.05) is 17.7 Å². The van der Waals surface area contributed by atoms with Gasteiger partial charge in [0.15, 0.2) is 5.95 Å². The lowest BCUT2D eigenvalue weighted by Gasteiger charge is -2.20. The number of esters is 2. The Bertz CT molecular complexity index is 1800. The second-order valence-corrected chi connectivity index (χ2v) is 11.8. The van der Waals surface area contributed by atoms with Crippen molar-refractivity contribution in [1.82, 2.24) is 29.8 Å². The van der Waals surface area contributed by atoms with Crippen LogP contribution in [0.5, 0.6) is 0 Å². The lowest BCUT2D eigenvalue weighted by Crippen LogP contribution is -2.50. The van der Waals surface area contributed by atoms with Crippen LogP contribution in [0.1, 0.15) is 33.5 Å². The Morgan fingerprint density at radius 2 is 1.80 bits per heavy atom. The molecule has 13 nitrogen and oxygen atoms in total.